The number of rotatable bonds is 6. The lowest BCUT2D eigenvalue weighted by molar-refractivity contribution is -0.116. The lowest BCUT2D eigenvalue weighted by Crippen LogP contribution is -2.27. The number of nitrogens with one attached hydrogen (secondary N) is 1. The van der Waals surface area contributed by atoms with E-state index in [0.29, 0.717) is 27.4 Å². The molecule has 0 aliphatic carbocycles. The Balaban J connectivity index is 1.66. The van der Waals surface area contributed by atoms with Crippen molar-refractivity contribution in [2.24, 2.45) is 0 Å². The van der Waals surface area contributed by atoms with Gasteiger partial charge in [-0.05, 0) is 12.5 Å². The molecular formula is C23H21N3O4S. The van der Waals surface area contributed by atoms with Crippen LogP contribution >= 0.6 is 11.3 Å². The summed E-state index contributed by atoms with van der Waals surface area (Å²) in [7, 11) is 3.07. The Bertz CT molecular complexity index is 1290. The number of carbonyl (C=O) groups is 1. The normalized spacial score (nSPS) is 10.8. The lowest BCUT2D eigenvalue weighted by Gasteiger charge is -2.11. The third kappa shape index (κ3) is 4.15. The molecule has 0 saturated heterocycles. The standard InChI is InChI=1S/C23H21N3O4S/c1-14-20(15-7-5-4-6-8-15)21-22(31-14)24-13-26(23(21)28)12-19(27)25-16-9-17(29-2)11-18(10-16)30-3/h4-11,13H,12H2,1-3H3,(H,25,27). The summed E-state index contributed by atoms with van der Waals surface area (Å²) >= 11 is 1.47. The van der Waals surface area contributed by atoms with Crippen LogP contribution < -0.4 is 20.3 Å². The molecule has 0 fully saturated rings. The molecule has 8 heteroatoms. The summed E-state index contributed by atoms with van der Waals surface area (Å²) < 4.78 is 11.8. The molecule has 1 amide bonds. The smallest absolute Gasteiger partial charge is 0.263 e. The Hall–Kier alpha value is -3.65. The zero-order chi connectivity index (χ0) is 22.0. The molecule has 0 saturated carbocycles. The van der Waals surface area contributed by atoms with Crippen LogP contribution in [0.5, 0.6) is 11.5 Å². The second-order valence-corrected chi connectivity index (χ2v) is 8.11. The van der Waals surface area contributed by atoms with Crippen molar-refractivity contribution in [1.29, 1.82) is 0 Å². The van der Waals surface area contributed by atoms with Gasteiger partial charge in [-0.1, -0.05) is 30.3 Å². The average molecular weight is 436 g/mol. The van der Waals surface area contributed by atoms with Crippen molar-refractivity contribution in [2.75, 3.05) is 19.5 Å². The minimum atomic E-state index is -0.355. The molecule has 158 valence electrons. The van der Waals surface area contributed by atoms with Crippen molar-refractivity contribution in [2.45, 2.75) is 13.5 Å². The molecule has 2 aromatic carbocycles. The van der Waals surface area contributed by atoms with Gasteiger partial charge in [0.15, 0.2) is 0 Å². The van der Waals surface area contributed by atoms with Crippen LogP contribution in [-0.4, -0.2) is 29.7 Å². The van der Waals surface area contributed by atoms with Gasteiger partial charge in [-0.25, -0.2) is 4.98 Å². The topological polar surface area (TPSA) is 82.5 Å². The van der Waals surface area contributed by atoms with Gasteiger partial charge in [0.05, 0.1) is 25.9 Å². The van der Waals surface area contributed by atoms with E-state index in [1.165, 1.54) is 36.5 Å². The number of hydrogen-bond acceptors (Lipinski definition) is 6. The van der Waals surface area contributed by atoms with E-state index in [9.17, 15) is 9.59 Å². The Morgan fingerprint density at radius 2 is 1.77 bits per heavy atom. The summed E-state index contributed by atoms with van der Waals surface area (Å²) in [5.74, 6) is 0.749. The highest BCUT2D eigenvalue weighted by atomic mass is 32.1. The predicted molar refractivity (Wildman–Crippen MR) is 122 cm³/mol. The molecule has 0 atom stereocenters. The van der Waals surface area contributed by atoms with Crippen LogP contribution in [0.15, 0.2) is 59.7 Å². The van der Waals surface area contributed by atoms with Gasteiger partial charge in [0.1, 0.15) is 22.9 Å². The SMILES string of the molecule is COc1cc(NC(=O)Cn2cnc3sc(C)c(-c4ccccc4)c3c2=O)cc(OC)c1. The Labute approximate surface area is 182 Å². The van der Waals surface area contributed by atoms with Crippen molar-refractivity contribution in [3.8, 4) is 22.6 Å². The minimum absolute atomic E-state index is 0.162. The first-order chi connectivity index (χ1) is 15.0. The molecule has 0 spiro atoms. The monoisotopic (exact) mass is 435 g/mol. The van der Waals surface area contributed by atoms with Gasteiger partial charge in [-0.2, -0.15) is 0 Å². The average Bonchev–Trinajstić information content (AvgIpc) is 3.12. The second kappa shape index (κ2) is 8.61. The van der Waals surface area contributed by atoms with E-state index in [1.807, 2.05) is 37.3 Å². The van der Waals surface area contributed by atoms with Gasteiger partial charge in [0.25, 0.3) is 5.56 Å². The Kier molecular flexibility index (Phi) is 5.73. The maximum Gasteiger partial charge on any atom is 0.263 e. The molecule has 2 heterocycles. The van der Waals surface area contributed by atoms with Crippen LogP contribution in [-0.2, 0) is 11.3 Å². The van der Waals surface area contributed by atoms with E-state index < -0.39 is 0 Å². The molecule has 4 aromatic rings. The zero-order valence-corrected chi connectivity index (χ0v) is 18.2. The maximum absolute atomic E-state index is 13.2. The largest absolute Gasteiger partial charge is 0.497 e. The highest BCUT2D eigenvalue weighted by Crippen LogP contribution is 2.35. The lowest BCUT2D eigenvalue weighted by atomic mass is 10.0. The van der Waals surface area contributed by atoms with Gasteiger partial charge in [0, 0.05) is 34.3 Å². The fraction of sp³-hybridized carbons (Fsp3) is 0.174. The van der Waals surface area contributed by atoms with Gasteiger partial charge < -0.3 is 14.8 Å². The second-order valence-electron chi connectivity index (χ2n) is 6.91. The number of methoxy groups -OCH3 is 2. The molecule has 0 bridgehead atoms. The van der Waals surface area contributed by atoms with Crippen molar-refractivity contribution in [3.05, 3.63) is 70.1 Å². The number of anilines is 1. The van der Waals surface area contributed by atoms with Crippen LogP contribution in [0.25, 0.3) is 21.3 Å². The van der Waals surface area contributed by atoms with Crippen molar-refractivity contribution in [3.63, 3.8) is 0 Å². The number of carbonyl (C=O) groups excluding carboxylic acids is 1. The third-order valence-electron chi connectivity index (χ3n) is 4.87. The van der Waals surface area contributed by atoms with Gasteiger partial charge >= 0.3 is 0 Å². The first-order valence-corrected chi connectivity index (χ1v) is 10.4. The molecule has 1 N–H and O–H groups in total. The number of amides is 1. The molecule has 0 aliphatic heterocycles. The first kappa shape index (κ1) is 20.6. The number of ether oxygens (including phenoxy) is 2. The van der Waals surface area contributed by atoms with Crippen LogP contribution in [0.3, 0.4) is 0 Å². The molecule has 4 rings (SSSR count). The number of hydrogen-bond donors (Lipinski definition) is 1. The van der Waals surface area contributed by atoms with Crippen LogP contribution in [0.1, 0.15) is 4.88 Å². The quantitative estimate of drug-likeness (QED) is 0.493. The Morgan fingerprint density at radius 1 is 1.10 bits per heavy atom. The van der Waals surface area contributed by atoms with E-state index in [0.717, 1.165) is 16.0 Å². The summed E-state index contributed by atoms with van der Waals surface area (Å²) in [6.45, 7) is 1.81. The van der Waals surface area contributed by atoms with Crippen LogP contribution in [0, 0.1) is 6.92 Å². The number of aryl methyl sites for hydroxylation is 1. The molecular weight excluding hydrogens is 414 g/mol. The molecule has 0 aliphatic rings. The highest BCUT2D eigenvalue weighted by molar-refractivity contribution is 7.19. The molecule has 7 nitrogen and oxygen atoms in total. The molecule has 0 radical (unpaired) electrons. The zero-order valence-electron chi connectivity index (χ0n) is 17.3. The number of fused-ring (bicyclic) bond motifs is 1. The fourth-order valence-corrected chi connectivity index (χ4v) is 4.44. The third-order valence-corrected chi connectivity index (χ3v) is 5.88. The Morgan fingerprint density at radius 3 is 2.42 bits per heavy atom. The summed E-state index contributed by atoms with van der Waals surface area (Å²) in [4.78, 5) is 32.0. The van der Waals surface area contributed by atoms with E-state index >= 15 is 0 Å². The summed E-state index contributed by atoms with van der Waals surface area (Å²) in [6, 6.07) is 14.8. The first-order valence-electron chi connectivity index (χ1n) is 9.57. The molecule has 2 aromatic heterocycles. The molecule has 31 heavy (non-hydrogen) atoms. The van der Waals surface area contributed by atoms with E-state index in [2.05, 4.69) is 10.3 Å². The van der Waals surface area contributed by atoms with E-state index in [1.54, 1.807) is 18.2 Å². The molecule has 0 unspecified atom stereocenters. The van der Waals surface area contributed by atoms with E-state index in [-0.39, 0.29) is 18.0 Å². The van der Waals surface area contributed by atoms with Gasteiger partial charge in [-0.3, -0.25) is 14.2 Å². The minimum Gasteiger partial charge on any atom is -0.497 e. The van der Waals surface area contributed by atoms with Gasteiger partial charge in [-0.15, -0.1) is 11.3 Å². The summed E-state index contributed by atoms with van der Waals surface area (Å²) in [6.07, 6.45) is 1.42. The number of aromatic nitrogens is 2. The summed E-state index contributed by atoms with van der Waals surface area (Å²) in [5.41, 5.74) is 2.09. The van der Waals surface area contributed by atoms with E-state index in [4.69, 9.17) is 9.47 Å². The maximum atomic E-state index is 13.2. The highest BCUT2D eigenvalue weighted by Gasteiger charge is 2.18. The predicted octanol–water partition coefficient (Wildman–Crippen LogP) is 4.09. The number of nitrogens with zero attached hydrogens (tertiary/aromatic N) is 2. The van der Waals surface area contributed by atoms with Crippen LogP contribution in [0.4, 0.5) is 5.69 Å². The number of benzene rings is 2. The van der Waals surface area contributed by atoms with Crippen molar-refractivity contribution in [1.82, 2.24) is 9.55 Å². The van der Waals surface area contributed by atoms with Crippen LogP contribution in [0.2, 0.25) is 0 Å². The fourth-order valence-electron chi connectivity index (χ4n) is 3.44. The number of thiophene rings is 1. The van der Waals surface area contributed by atoms with Crippen molar-refractivity contribution >= 4 is 33.1 Å². The van der Waals surface area contributed by atoms with Gasteiger partial charge in [0.2, 0.25) is 5.91 Å². The summed E-state index contributed by atoms with van der Waals surface area (Å²) in [5, 5.41) is 3.32. The van der Waals surface area contributed by atoms with Crippen molar-refractivity contribution < 1.29 is 14.3 Å².